The molecule has 2 aromatic carbocycles. The number of fused-ring (bicyclic) bond motifs is 2. The highest BCUT2D eigenvalue weighted by Crippen LogP contribution is 2.36. The van der Waals surface area contributed by atoms with Crippen LogP contribution >= 0.6 is 0 Å². The molecule has 0 saturated heterocycles. The van der Waals surface area contributed by atoms with Crippen molar-refractivity contribution >= 4 is 32.7 Å². The predicted octanol–water partition coefficient (Wildman–Crippen LogP) is 5.39. The summed E-state index contributed by atoms with van der Waals surface area (Å²) in [5, 5.41) is 11.7. The smallest absolute Gasteiger partial charge is 0.248 e. The van der Waals surface area contributed by atoms with E-state index in [2.05, 4.69) is 25.6 Å². The van der Waals surface area contributed by atoms with Crippen molar-refractivity contribution in [1.29, 1.82) is 0 Å². The highest BCUT2D eigenvalue weighted by atomic mass is 32.2. The lowest BCUT2D eigenvalue weighted by molar-refractivity contribution is -0.116. The molecule has 5 aromatic rings. The molecule has 12 nitrogen and oxygen atoms in total. The molecule has 1 amide bonds. The first kappa shape index (κ1) is 33.0. The van der Waals surface area contributed by atoms with Gasteiger partial charge in [-0.2, -0.15) is 4.31 Å². The third-order valence-electron chi connectivity index (χ3n) is 8.94. The molecule has 3 aromatic heterocycles. The van der Waals surface area contributed by atoms with Gasteiger partial charge in [-0.15, -0.1) is 5.10 Å². The minimum absolute atomic E-state index is 0.0548. The van der Waals surface area contributed by atoms with Crippen molar-refractivity contribution in [2.24, 2.45) is 0 Å². The summed E-state index contributed by atoms with van der Waals surface area (Å²) in [4.78, 5) is 22.1. The maximum atomic E-state index is 13.9. The Kier molecular flexibility index (Phi) is 9.42. The molecule has 0 aliphatic carbocycles. The molecule has 1 aliphatic heterocycles. The zero-order valence-electron chi connectivity index (χ0n) is 27.7. The number of hydrogen-bond acceptors (Lipinski definition) is 9. The SMILES string of the molecule is CC[C@@H]1CN(Cc2cc([C@H](CC(=O)Nc3cnccc3OC)c3ccc4c(nnn4CC)c3C)ccc2C)S(=O)(=O)c2cccnc2O1. The van der Waals surface area contributed by atoms with Crippen LogP contribution in [0.2, 0.25) is 0 Å². The van der Waals surface area contributed by atoms with Crippen LogP contribution in [0.3, 0.4) is 0 Å². The Labute approximate surface area is 280 Å². The van der Waals surface area contributed by atoms with Gasteiger partial charge in [-0.25, -0.2) is 18.1 Å². The lowest BCUT2D eigenvalue weighted by Crippen LogP contribution is -2.36. The summed E-state index contributed by atoms with van der Waals surface area (Å²) in [6, 6.07) is 14.8. The Balaban J connectivity index is 1.40. The Bertz CT molecular complexity index is 2080. The molecule has 2 atom stereocenters. The van der Waals surface area contributed by atoms with Gasteiger partial charge in [-0.05, 0) is 73.2 Å². The van der Waals surface area contributed by atoms with Crippen LogP contribution in [0.15, 0.2) is 72.0 Å². The Hall–Kier alpha value is -4.88. The Morgan fingerprint density at radius 3 is 2.73 bits per heavy atom. The number of ether oxygens (including phenoxy) is 2. The minimum Gasteiger partial charge on any atom is -0.494 e. The van der Waals surface area contributed by atoms with E-state index in [9.17, 15) is 13.2 Å². The number of sulfonamides is 1. The molecule has 48 heavy (non-hydrogen) atoms. The van der Waals surface area contributed by atoms with Crippen LogP contribution in [0.25, 0.3) is 11.0 Å². The van der Waals surface area contributed by atoms with E-state index >= 15 is 0 Å². The number of aryl methyl sites for hydroxylation is 3. The third kappa shape index (κ3) is 6.35. The van der Waals surface area contributed by atoms with E-state index in [-0.39, 0.29) is 48.2 Å². The zero-order valence-corrected chi connectivity index (χ0v) is 28.5. The molecule has 0 bridgehead atoms. The van der Waals surface area contributed by atoms with E-state index in [4.69, 9.17) is 9.47 Å². The largest absolute Gasteiger partial charge is 0.494 e. The molecule has 0 unspecified atom stereocenters. The number of hydrogen-bond donors (Lipinski definition) is 1. The molecular formula is C35H39N7O5S. The van der Waals surface area contributed by atoms with Crippen LogP contribution in [0.5, 0.6) is 11.6 Å². The number of aromatic nitrogens is 5. The minimum atomic E-state index is -3.91. The quantitative estimate of drug-likeness (QED) is 0.207. The number of pyridine rings is 2. The summed E-state index contributed by atoms with van der Waals surface area (Å²) < 4.78 is 42.6. The van der Waals surface area contributed by atoms with Crippen LogP contribution < -0.4 is 14.8 Å². The number of carbonyl (C=O) groups excluding carboxylic acids is 1. The van der Waals surface area contributed by atoms with Gasteiger partial charge >= 0.3 is 0 Å². The summed E-state index contributed by atoms with van der Waals surface area (Å²) in [5.41, 5.74) is 6.64. The van der Waals surface area contributed by atoms with Crippen molar-refractivity contribution in [3.05, 3.63) is 94.9 Å². The molecule has 6 rings (SSSR count). The van der Waals surface area contributed by atoms with Gasteiger partial charge in [0.2, 0.25) is 21.8 Å². The number of rotatable bonds is 10. The number of amides is 1. The highest BCUT2D eigenvalue weighted by molar-refractivity contribution is 7.89. The second-order valence-electron chi connectivity index (χ2n) is 11.9. The first-order chi connectivity index (χ1) is 23.1. The normalized spacial score (nSPS) is 16.5. The van der Waals surface area contributed by atoms with E-state index in [0.717, 1.165) is 38.9 Å². The number of benzene rings is 2. The molecule has 1 N–H and O–H groups in total. The van der Waals surface area contributed by atoms with Crippen molar-refractivity contribution in [2.45, 2.75) is 70.5 Å². The second kappa shape index (κ2) is 13.7. The summed E-state index contributed by atoms with van der Waals surface area (Å²) in [6.45, 7) is 8.93. The van der Waals surface area contributed by atoms with Crippen molar-refractivity contribution in [2.75, 3.05) is 19.0 Å². The van der Waals surface area contributed by atoms with Gasteiger partial charge in [0.25, 0.3) is 0 Å². The lowest BCUT2D eigenvalue weighted by atomic mass is 9.84. The standard InChI is InChI=1S/C35H39N7O5S/c1-6-26-21-41(48(44,45)32-9-8-15-37-35(32)47-26)20-25-17-24(11-10-22(25)3)28(18-33(43)38-29-19-36-16-14-31(29)46-5)27-12-13-30-34(23(27)4)39-40-42(30)7-2/h8-17,19,26,28H,6-7,18,20-21H2,1-5H3,(H,38,43)/t26-,28+/m1/s1. The number of nitrogens with one attached hydrogen (secondary N) is 1. The Morgan fingerprint density at radius 1 is 1.12 bits per heavy atom. The maximum Gasteiger partial charge on any atom is 0.248 e. The molecule has 0 radical (unpaired) electrons. The monoisotopic (exact) mass is 669 g/mol. The van der Waals surface area contributed by atoms with Gasteiger partial charge in [-0.3, -0.25) is 9.78 Å². The van der Waals surface area contributed by atoms with Gasteiger partial charge in [0.15, 0.2) is 0 Å². The van der Waals surface area contributed by atoms with Crippen LogP contribution in [-0.2, 0) is 27.9 Å². The van der Waals surface area contributed by atoms with E-state index in [0.29, 0.717) is 24.4 Å². The summed E-state index contributed by atoms with van der Waals surface area (Å²) in [7, 11) is -2.37. The van der Waals surface area contributed by atoms with Crippen LogP contribution in [-0.4, -0.2) is 63.4 Å². The summed E-state index contributed by atoms with van der Waals surface area (Å²) in [6.07, 6.45) is 5.05. The highest BCUT2D eigenvalue weighted by Gasteiger charge is 2.35. The van der Waals surface area contributed by atoms with Crippen LogP contribution in [0, 0.1) is 13.8 Å². The molecular weight excluding hydrogens is 630 g/mol. The second-order valence-corrected chi connectivity index (χ2v) is 13.8. The number of nitrogens with zero attached hydrogens (tertiary/aromatic N) is 6. The van der Waals surface area contributed by atoms with E-state index in [1.54, 1.807) is 24.5 Å². The number of anilines is 1. The van der Waals surface area contributed by atoms with Crippen LogP contribution in [0.1, 0.15) is 60.4 Å². The fourth-order valence-electron chi connectivity index (χ4n) is 6.19. The van der Waals surface area contributed by atoms with Crippen molar-refractivity contribution in [1.82, 2.24) is 29.3 Å². The van der Waals surface area contributed by atoms with Gasteiger partial charge in [0.1, 0.15) is 28.0 Å². The van der Waals surface area contributed by atoms with Crippen molar-refractivity contribution in [3.63, 3.8) is 0 Å². The topological polar surface area (TPSA) is 141 Å². The molecule has 0 saturated carbocycles. The summed E-state index contributed by atoms with van der Waals surface area (Å²) >= 11 is 0. The zero-order chi connectivity index (χ0) is 34.0. The van der Waals surface area contributed by atoms with Gasteiger partial charge in [0, 0.05) is 43.9 Å². The van der Waals surface area contributed by atoms with E-state index in [1.807, 2.05) is 62.7 Å². The van der Waals surface area contributed by atoms with E-state index < -0.39 is 10.0 Å². The average Bonchev–Trinajstić information content (AvgIpc) is 3.48. The fraction of sp³-hybridized carbons (Fsp3) is 0.343. The molecule has 250 valence electrons. The number of carbonyl (C=O) groups is 1. The maximum absolute atomic E-state index is 13.9. The molecule has 13 heteroatoms. The van der Waals surface area contributed by atoms with Gasteiger partial charge < -0.3 is 14.8 Å². The number of methoxy groups -OCH3 is 1. The molecule has 0 spiro atoms. The molecule has 0 fully saturated rings. The fourth-order valence-corrected chi connectivity index (χ4v) is 7.71. The average molecular weight is 670 g/mol. The van der Waals surface area contributed by atoms with Gasteiger partial charge in [0.05, 0.1) is 25.4 Å². The van der Waals surface area contributed by atoms with Crippen molar-refractivity contribution in [3.8, 4) is 11.6 Å². The molecule has 4 heterocycles. The van der Waals surface area contributed by atoms with Crippen molar-refractivity contribution < 1.29 is 22.7 Å². The Morgan fingerprint density at radius 2 is 1.96 bits per heavy atom. The van der Waals surface area contributed by atoms with Crippen LogP contribution in [0.4, 0.5) is 5.69 Å². The third-order valence-corrected chi connectivity index (χ3v) is 10.8. The first-order valence-corrected chi connectivity index (χ1v) is 17.4. The first-order valence-electron chi connectivity index (χ1n) is 16.0. The molecule has 1 aliphatic rings. The summed E-state index contributed by atoms with van der Waals surface area (Å²) in [5.74, 6) is 0.0125. The van der Waals surface area contributed by atoms with Gasteiger partial charge in [-0.1, -0.05) is 36.4 Å². The predicted molar refractivity (Wildman–Crippen MR) is 182 cm³/mol. The lowest BCUT2D eigenvalue weighted by Gasteiger charge is -2.25. The van der Waals surface area contributed by atoms with E-state index in [1.165, 1.54) is 23.7 Å².